The van der Waals surface area contributed by atoms with E-state index in [9.17, 15) is 5.11 Å². The highest BCUT2D eigenvalue weighted by atomic mass is 16.3. The maximum atomic E-state index is 9.73. The molecule has 0 radical (unpaired) electrons. The van der Waals surface area contributed by atoms with Gasteiger partial charge in [0.05, 0.1) is 5.60 Å². The Morgan fingerprint density at radius 1 is 1.15 bits per heavy atom. The fourth-order valence-corrected chi connectivity index (χ4v) is 1.82. The van der Waals surface area contributed by atoms with Gasteiger partial charge in [-0.25, -0.2) is 0 Å². The average Bonchev–Trinajstić information content (AvgIpc) is 1.71. The van der Waals surface area contributed by atoms with Gasteiger partial charge < -0.3 is 10.0 Å². The summed E-state index contributed by atoms with van der Waals surface area (Å²) in [5.74, 6) is 0.467. The first-order chi connectivity index (χ1) is 5.68. The minimum atomic E-state index is -0.492. The molecule has 0 amide bonds. The van der Waals surface area contributed by atoms with Crippen LogP contribution in [-0.2, 0) is 0 Å². The first kappa shape index (κ1) is 11.0. The summed E-state index contributed by atoms with van der Waals surface area (Å²) in [5, 5.41) is 9.73. The zero-order valence-electron chi connectivity index (χ0n) is 9.59. The van der Waals surface area contributed by atoms with Crippen LogP contribution in [-0.4, -0.2) is 35.2 Å². The molecule has 0 spiro atoms. The van der Waals surface area contributed by atoms with E-state index in [1.54, 1.807) is 0 Å². The van der Waals surface area contributed by atoms with Crippen LogP contribution in [0, 0.1) is 11.3 Å². The first-order valence-corrected chi connectivity index (χ1v) is 5.13. The summed E-state index contributed by atoms with van der Waals surface area (Å²) in [5.41, 5.74) is -0.112. The highest BCUT2D eigenvalue weighted by Gasteiger charge is 2.38. The van der Waals surface area contributed by atoms with Crippen molar-refractivity contribution in [2.75, 3.05) is 19.6 Å². The quantitative estimate of drug-likeness (QED) is 0.708. The van der Waals surface area contributed by atoms with Crippen LogP contribution >= 0.6 is 0 Å². The van der Waals surface area contributed by atoms with E-state index in [2.05, 4.69) is 25.7 Å². The molecule has 0 bridgehead atoms. The van der Waals surface area contributed by atoms with Crippen LogP contribution in [0.1, 0.15) is 34.6 Å². The second-order valence-corrected chi connectivity index (χ2v) is 6.11. The SMILES string of the molecule is CC(C)(C)CN1CC(C(C)(C)O)C1. The molecule has 2 nitrogen and oxygen atoms in total. The molecule has 0 aliphatic carbocycles. The Bertz CT molecular complexity index is 170. The van der Waals surface area contributed by atoms with Gasteiger partial charge in [0.25, 0.3) is 0 Å². The third-order valence-electron chi connectivity index (χ3n) is 2.65. The molecule has 1 saturated heterocycles. The Hall–Kier alpha value is -0.0800. The number of hydrogen-bond donors (Lipinski definition) is 1. The van der Waals surface area contributed by atoms with Crippen molar-refractivity contribution in [3.63, 3.8) is 0 Å². The fourth-order valence-electron chi connectivity index (χ4n) is 1.82. The zero-order valence-corrected chi connectivity index (χ0v) is 9.59. The lowest BCUT2D eigenvalue weighted by atomic mass is 9.82. The second kappa shape index (κ2) is 3.25. The Morgan fingerprint density at radius 3 is 1.92 bits per heavy atom. The summed E-state index contributed by atoms with van der Waals surface area (Å²) in [6, 6.07) is 0. The molecule has 1 aliphatic rings. The standard InChI is InChI=1S/C11H23NO/c1-10(2,3)8-12-6-9(7-12)11(4,5)13/h9,13H,6-8H2,1-5H3. The van der Waals surface area contributed by atoms with Crippen LogP contribution in [0.4, 0.5) is 0 Å². The van der Waals surface area contributed by atoms with Crippen molar-refractivity contribution < 1.29 is 5.11 Å². The minimum absolute atomic E-state index is 0.380. The lowest BCUT2D eigenvalue weighted by Gasteiger charge is -2.47. The van der Waals surface area contributed by atoms with Crippen LogP contribution in [0.2, 0.25) is 0 Å². The predicted molar refractivity (Wildman–Crippen MR) is 55.7 cm³/mol. The number of aliphatic hydroxyl groups is 1. The van der Waals surface area contributed by atoms with Crippen molar-refractivity contribution in [1.82, 2.24) is 4.90 Å². The van der Waals surface area contributed by atoms with Crippen LogP contribution in [0.3, 0.4) is 0 Å². The zero-order chi connectivity index (χ0) is 10.3. The van der Waals surface area contributed by atoms with Gasteiger partial charge in [0.15, 0.2) is 0 Å². The van der Waals surface area contributed by atoms with Gasteiger partial charge in [0.2, 0.25) is 0 Å². The van der Waals surface area contributed by atoms with Crippen molar-refractivity contribution in [1.29, 1.82) is 0 Å². The molecule has 0 saturated carbocycles. The van der Waals surface area contributed by atoms with E-state index in [4.69, 9.17) is 0 Å². The predicted octanol–water partition coefficient (Wildman–Crippen LogP) is 1.74. The van der Waals surface area contributed by atoms with E-state index in [0.717, 1.165) is 19.6 Å². The molecule has 0 unspecified atom stereocenters. The lowest BCUT2D eigenvalue weighted by Crippen LogP contribution is -2.57. The number of nitrogens with zero attached hydrogens (tertiary/aromatic N) is 1. The van der Waals surface area contributed by atoms with Gasteiger partial charge in [0, 0.05) is 25.6 Å². The molecule has 1 heterocycles. The lowest BCUT2D eigenvalue weighted by molar-refractivity contribution is -0.0701. The molecule has 1 fully saturated rings. The van der Waals surface area contributed by atoms with Gasteiger partial charge in [-0.15, -0.1) is 0 Å². The Morgan fingerprint density at radius 2 is 1.62 bits per heavy atom. The molecule has 1 rings (SSSR count). The Kier molecular flexibility index (Phi) is 2.75. The molecule has 13 heavy (non-hydrogen) atoms. The maximum Gasteiger partial charge on any atom is 0.0644 e. The van der Waals surface area contributed by atoms with E-state index in [0.29, 0.717) is 11.3 Å². The highest BCUT2D eigenvalue weighted by Crippen LogP contribution is 2.29. The first-order valence-electron chi connectivity index (χ1n) is 5.13. The van der Waals surface area contributed by atoms with Gasteiger partial charge in [0.1, 0.15) is 0 Å². The van der Waals surface area contributed by atoms with Crippen molar-refractivity contribution in [2.45, 2.75) is 40.2 Å². The fraction of sp³-hybridized carbons (Fsp3) is 1.00. The van der Waals surface area contributed by atoms with Gasteiger partial charge in [-0.3, -0.25) is 0 Å². The Labute approximate surface area is 81.9 Å². The summed E-state index contributed by atoms with van der Waals surface area (Å²) in [6.07, 6.45) is 0. The third-order valence-corrected chi connectivity index (χ3v) is 2.65. The van der Waals surface area contributed by atoms with Gasteiger partial charge in [-0.05, 0) is 19.3 Å². The Balaban J connectivity index is 2.27. The summed E-state index contributed by atoms with van der Waals surface area (Å²) in [4.78, 5) is 2.42. The summed E-state index contributed by atoms with van der Waals surface area (Å²) < 4.78 is 0. The van der Waals surface area contributed by atoms with Gasteiger partial charge >= 0.3 is 0 Å². The van der Waals surface area contributed by atoms with Crippen molar-refractivity contribution in [2.24, 2.45) is 11.3 Å². The number of rotatable bonds is 2. The molecule has 1 aliphatic heterocycles. The third kappa shape index (κ3) is 3.28. The summed E-state index contributed by atoms with van der Waals surface area (Å²) >= 11 is 0. The molecule has 1 N–H and O–H groups in total. The van der Waals surface area contributed by atoms with Crippen molar-refractivity contribution >= 4 is 0 Å². The largest absolute Gasteiger partial charge is 0.390 e. The van der Waals surface area contributed by atoms with E-state index >= 15 is 0 Å². The molecular formula is C11H23NO. The second-order valence-electron chi connectivity index (χ2n) is 6.11. The molecule has 0 aromatic rings. The van der Waals surface area contributed by atoms with Gasteiger partial charge in [-0.2, -0.15) is 0 Å². The van der Waals surface area contributed by atoms with Crippen LogP contribution in [0.5, 0.6) is 0 Å². The monoisotopic (exact) mass is 185 g/mol. The minimum Gasteiger partial charge on any atom is -0.390 e. The van der Waals surface area contributed by atoms with E-state index in [-0.39, 0.29) is 0 Å². The highest BCUT2D eigenvalue weighted by molar-refractivity contribution is 4.91. The van der Waals surface area contributed by atoms with Crippen LogP contribution in [0.15, 0.2) is 0 Å². The van der Waals surface area contributed by atoms with E-state index in [1.165, 1.54) is 0 Å². The molecule has 2 heteroatoms. The smallest absolute Gasteiger partial charge is 0.0644 e. The van der Waals surface area contributed by atoms with Gasteiger partial charge in [-0.1, -0.05) is 20.8 Å². The van der Waals surface area contributed by atoms with Crippen molar-refractivity contribution in [3.05, 3.63) is 0 Å². The number of hydrogen-bond acceptors (Lipinski definition) is 2. The molecule has 0 aromatic carbocycles. The normalized spacial score (nSPS) is 21.7. The molecule has 78 valence electrons. The van der Waals surface area contributed by atoms with Crippen LogP contribution in [0.25, 0.3) is 0 Å². The van der Waals surface area contributed by atoms with Crippen molar-refractivity contribution in [3.8, 4) is 0 Å². The van der Waals surface area contributed by atoms with E-state index in [1.807, 2.05) is 13.8 Å². The average molecular weight is 185 g/mol. The van der Waals surface area contributed by atoms with E-state index < -0.39 is 5.60 Å². The molecular weight excluding hydrogens is 162 g/mol. The summed E-state index contributed by atoms with van der Waals surface area (Å²) in [6.45, 7) is 13.8. The maximum absolute atomic E-state index is 9.73. The molecule has 0 atom stereocenters. The molecule has 0 aromatic heterocycles. The van der Waals surface area contributed by atoms with Crippen LogP contribution < -0.4 is 0 Å². The summed E-state index contributed by atoms with van der Waals surface area (Å²) in [7, 11) is 0. The topological polar surface area (TPSA) is 23.5 Å². The number of likely N-dealkylation sites (tertiary alicyclic amines) is 1.